The number of rotatable bonds is 2. The Morgan fingerprint density at radius 1 is 1.30 bits per heavy atom. The molecule has 2 fully saturated rings. The number of benzene rings is 1. The van der Waals surface area contributed by atoms with Crippen molar-refractivity contribution < 1.29 is 4.74 Å². The average molecular weight is 313 g/mol. The third-order valence-corrected chi connectivity index (χ3v) is 5.82. The molecule has 4 rings (SSSR count). The van der Waals surface area contributed by atoms with E-state index in [0.717, 1.165) is 38.8 Å². The molecule has 2 saturated heterocycles. The first kappa shape index (κ1) is 15.0. The summed E-state index contributed by atoms with van der Waals surface area (Å²) in [7, 11) is 1.90. The van der Waals surface area contributed by atoms with Crippen LogP contribution in [-0.2, 0) is 17.6 Å². The quantitative estimate of drug-likeness (QED) is 0.671. The van der Waals surface area contributed by atoms with Crippen molar-refractivity contribution in [3.63, 3.8) is 0 Å². The van der Waals surface area contributed by atoms with Gasteiger partial charge in [-0.1, -0.05) is 24.3 Å². The van der Waals surface area contributed by atoms with Gasteiger partial charge in [0.2, 0.25) is 0 Å². The molecule has 1 aromatic rings. The summed E-state index contributed by atoms with van der Waals surface area (Å²) in [6.45, 7) is 5.07. The van der Waals surface area contributed by atoms with Gasteiger partial charge in [-0.15, -0.1) is 0 Å². The van der Waals surface area contributed by atoms with Crippen molar-refractivity contribution in [1.82, 2.24) is 10.2 Å². The van der Waals surface area contributed by atoms with Gasteiger partial charge >= 0.3 is 0 Å². The van der Waals surface area contributed by atoms with Crippen LogP contribution in [0, 0.1) is 11.3 Å². The summed E-state index contributed by atoms with van der Waals surface area (Å²) in [6.07, 6.45) is 4.83. The van der Waals surface area contributed by atoms with Crippen LogP contribution in [-0.4, -0.2) is 50.8 Å². The molecule has 3 aliphatic rings. The SMILES string of the molecule is CN=C(NCC1Cc2ccccc2C1)N1CCC2(CCOC2)C1. The van der Waals surface area contributed by atoms with Crippen LogP contribution in [0.25, 0.3) is 0 Å². The highest BCUT2D eigenvalue weighted by molar-refractivity contribution is 5.80. The molecule has 2 heterocycles. The monoisotopic (exact) mass is 313 g/mol. The van der Waals surface area contributed by atoms with Crippen molar-refractivity contribution in [2.75, 3.05) is 39.9 Å². The highest BCUT2D eigenvalue weighted by Crippen LogP contribution is 2.38. The van der Waals surface area contributed by atoms with Crippen molar-refractivity contribution in [2.24, 2.45) is 16.3 Å². The number of aliphatic imine (C=N–C) groups is 1. The molecular weight excluding hydrogens is 286 g/mol. The summed E-state index contributed by atoms with van der Waals surface area (Å²) in [5.41, 5.74) is 3.44. The van der Waals surface area contributed by atoms with E-state index in [2.05, 4.69) is 39.5 Å². The zero-order valence-electron chi connectivity index (χ0n) is 14.1. The van der Waals surface area contributed by atoms with Gasteiger partial charge in [0.15, 0.2) is 5.96 Å². The number of hydrogen-bond acceptors (Lipinski definition) is 2. The summed E-state index contributed by atoms with van der Waals surface area (Å²) in [4.78, 5) is 6.95. The fourth-order valence-electron chi connectivity index (χ4n) is 4.45. The van der Waals surface area contributed by atoms with Gasteiger partial charge in [-0.25, -0.2) is 0 Å². The second kappa shape index (κ2) is 6.16. The third-order valence-electron chi connectivity index (χ3n) is 5.82. The van der Waals surface area contributed by atoms with E-state index in [9.17, 15) is 0 Å². The molecule has 1 unspecified atom stereocenters. The molecule has 0 aromatic heterocycles. The number of ether oxygens (including phenoxy) is 1. The molecule has 124 valence electrons. The van der Waals surface area contributed by atoms with Gasteiger partial charge in [0.05, 0.1) is 6.61 Å². The molecule has 0 radical (unpaired) electrons. The predicted octanol–water partition coefficient (Wildman–Crippen LogP) is 2.09. The van der Waals surface area contributed by atoms with Crippen molar-refractivity contribution in [2.45, 2.75) is 25.7 Å². The van der Waals surface area contributed by atoms with E-state index in [1.165, 1.54) is 36.8 Å². The van der Waals surface area contributed by atoms with Gasteiger partial charge in [-0.05, 0) is 42.7 Å². The van der Waals surface area contributed by atoms with E-state index in [1.54, 1.807) is 0 Å². The standard InChI is InChI=1S/C19H27N3O/c1-20-18(22-8-6-19(13-22)7-9-23-14-19)21-12-15-10-16-4-2-3-5-17(16)11-15/h2-5,15H,6-14H2,1H3,(H,20,21). The predicted molar refractivity (Wildman–Crippen MR) is 92.8 cm³/mol. The zero-order chi connectivity index (χ0) is 15.7. The van der Waals surface area contributed by atoms with Crippen LogP contribution in [0.2, 0.25) is 0 Å². The Balaban J connectivity index is 1.32. The lowest BCUT2D eigenvalue weighted by atomic mass is 9.87. The molecule has 2 aliphatic heterocycles. The molecule has 1 aromatic carbocycles. The highest BCUT2D eigenvalue weighted by atomic mass is 16.5. The Hall–Kier alpha value is -1.55. The minimum absolute atomic E-state index is 0.390. The molecular formula is C19H27N3O. The number of nitrogens with one attached hydrogen (secondary N) is 1. The van der Waals surface area contributed by atoms with Crippen molar-refractivity contribution in [3.8, 4) is 0 Å². The number of fused-ring (bicyclic) bond motifs is 1. The first-order chi connectivity index (χ1) is 11.3. The van der Waals surface area contributed by atoms with E-state index in [0.29, 0.717) is 11.3 Å². The van der Waals surface area contributed by atoms with Gasteiger partial charge in [0.1, 0.15) is 0 Å². The molecule has 4 heteroatoms. The summed E-state index contributed by atoms with van der Waals surface area (Å²) >= 11 is 0. The smallest absolute Gasteiger partial charge is 0.193 e. The average Bonchev–Trinajstić information content (AvgIpc) is 3.29. The minimum Gasteiger partial charge on any atom is -0.381 e. The largest absolute Gasteiger partial charge is 0.381 e. The molecule has 23 heavy (non-hydrogen) atoms. The van der Waals surface area contributed by atoms with Crippen molar-refractivity contribution >= 4 is 5.96 Å². The Labute approximate surface area is 138 Å². The molecule has 0 saturated carbocycles. The molecule has 1 aliphatic carbocycles. The van der Waals surface area contributed by atoms with Crippen LogP contribution >= 0.6 is 0 Å². The van der Waals surface area contributed by atoms with Crippen LogP contribution in [0.15, 0.2) is 29.3 Å². The van der Waals surface area contributed by atoms with Gasteiger partial charge in [0.25, 0.3) is 0 Å². The normalized spacial score (nSPS) is 27.9. The lowest BCUT2D eigenvalue weighted by molar-refractivity contribution is 0.156. The summed E-state index contributed by atoms with van der Waals surface area (Å²) in [5.74, 6) is 1.76. The highest BCUT2D eigenvalue weighted by Gasteiger charge is 2.42. The Kier molecular flexibility index (Phi) is 4.02. The fraction of sp³-hybridized carbons (Fsp3) is 0.632. The first-order valence-corrected chi connectivity index (χ1v) is 8.88. The van der Waals surface area contributed by atoms with Crippen LogP contribution in [0.4, 0.5) is 0 Å². The minimum atomic E-state index is 0.390. The van der Waals surface area contributed by atoms with Gasteiger partial charge in [0, 0.05) is 38.7 Å². The Morgan fingerprint density at radius 2 is 2.09 bits per heavy atom. The third kappa shape index (κ3) is 2.97. The molecule has 1 spiro atoms. The van der Waals surface area contributed by atoms with Crippen LogP contribution in [0.5, 0.6) is 0 Å². The second-order valence-corrected chi connectivity index (χ2v) is 7.45. The molecule has 1 atom stereocenters. The van der Waals surface area contributed by atoms with Gasteiger partial charge in [-0.2, -0.15) is 0 Å². The van der Waals surface area contributed by atoms with Gasteiger partial charge in [-0.3, -0.25) is 4.99 Å². The molecule has 0 amide bonds. The number of likely N-dealkylation sites (tertiary alicyclic amines) is 1. The summed E-state index contributed by atoms with van der Waals surface area (Å²) in [5, 5.41) is 3.63. The lowest BCUT2D eigenvalue weighted by Gasteiger charge is -2.25. The van der Waals surface area contributed by atoms with E-state index >= 15 is 0 Å². The fourth-order valence-corrected chi connectivity index (χ4v) is 4.45. The van der Waals surface area contributed by atoms with Crippen LogP contribution < -0.4 is 5.32 Å². The van der Waals surface area contributed by atoms with Crippen molar-refractivity contribution in [1.29, 1.82) is 0 Å². The van der Waals surface area contributed by atoms with E-state index in [1.807, 2.05) is 7.05 Å². The maximum atomic E-state index is 5.63. The maximum absolute atomic E-state index is 5.63. The van der Waals surface area contributed by atoms with Crippen LogP contribution in [0.1, 0.15) is 24.0 Å². The number of hydrogen-bond donors (Lipinski definition) is 1. The first-order valence-electron chi connectivity index (χ1n) is 8.88. The van der Waals surface area contributed by atoms with Crippen molar-refractivity contribution in [3.05, 3.63) is 35.4 Å². The Bertz CT molecular complexity index is 567. The second-order valence-electron chi connectivity index (χ2n) is 7.45. The lowest BCUT2D eigenvalue weighted by Crippen LogP contribution is -2.43. The molecule has 4 nitrogen and oxygen atoms in total. The molecule has 0 bridgehead atoms. The van der Waals surface area contributed by atoms with E-state index in [4.69, 9.17) is 4.74 Å². The van der Waals surface area contributed by atoms with E-state index < -0.39 is 0 Å². The van der Waals surface area contributed by atoms with E-state index in [-0.39, 0.29) is 0 Å². The summed E-state index contributed by atoms with van der Waals surface area (Å²) < 4.78 is 5.63. The van der Waals surface area contributed by atoms with Crippen LogP contribution in [0.3, 0.4) is 0 Å². The number of guanidine groups is 1. The Morgan fingerprint density at radius 3 is 2.74 bits per heavy atom. The maximum Gasteiger partial charge on any atom is 0.193 e. The topological polar surface area (TPSA) is 36.9 Å². The molecule has 1 N–H and O–H groups in total. The summed E-state index contributed by atoms with van der Waals surface area (Å²) in [6, 6.07) is 8.85. The number of nitrogens with zero attached hydrogens (tertiary/aromatic N) is 2. The van der Waals surface area contributed by atoms with Gasteiger partial charge < -0.3 is 15.0 Å². The zero-order valence-corrected chi connectivity index (χ0v) is 14.1.